The van der Waals surface area contributed by atoms with Gasteiger partial charge in [-0.3, -0.25) is 0 Å². The summed E-state index contributed by atoms with van der Waals surface area (Å²) in [5.41, 5.74) is 3.25. The number of rotatable bonds is 7. The zero-order valence-electron chi connectivity index (χ0n) is 19.7. The van der Waals surface area contributed by atoms with E-state index in [0.29, 0.717) is 29.2 Å². The first-order valence-electron chi connectivity index (χ1n) is 12.4. The maximum atomic E-state index is 10.4. The van der Waals surface area contributed by atoms with Crippen LogP contribution in [0.15, 0.2) is 35.5 Å². The molecule has 8 atom stereocenters. The Hall–Kier alpha value is -0.610. The third kappa shape index (κ3) is 5.32. The number of allylic oxidation sites excluding steroid dienone is 3. The van der Waals surface area contributed by atoms with Crippen LogP contribution < -0.4 is 0 Å². The minimum absolute atomic E-state index is 0.316. The van der Waals surface area contributed by atoms with E-state index in [1.54, 1.807) is 0 Å². The Kier molecular flexibility index (Phi) is 8.51. The van der Waals surface area contributed by atoms with Gasteiger partial charge in [-0.2, -0.15) is 0 Å². The first kappa shape index (κ1) is 25.0. The lowest BCUT2D eigenvalue weighted by Crippen LogP contribution is -2.43. The molecule has 3 rings (SSSR count). The van der Waals surface area contributed by atoms with E-state index < -0.39 is 18.3 Å². The van der Waals surface area contributed by atoms with Crippen molar-refractivity contribution in [3.63, 3.8) is 0 Å². The predicted molar refractivity (Wildman–Crippen MR) is 129 cm³/mol. The molecule has 0 radical (unpaired) electrons. The van der Waals surface area contributed by atoms with Gasteiger partial charge in [-0.25, -0.2) is 0 Å². The molecule has 0 aromatic rings. The van der Waals surface area contributed by atoms with Gasteiger partial charge in [0.2, 0.25) is 0 Å². The van der Waals surface area contributed by atoms with Crippen LogP contribution in [-0.4, -0.2) is 39.5 Å². The molecule has 0 heterocycles. The summed E-state index contributed by atoms with van der Waals surface area (Å²) in [6.07, 6.45) is 11.4. The number of aliphatic hydroxyl groups excluding tert-OH is 3. The van der Waals surface area contributed by atoms with E-state index in [4.69, 9.17) is 11.6 Å². The largest absolute Gasteiger partial charge is 0.390 e. The fraction of sp³-hybridized carbons (Fsp3) is 0.778. The lowest BCUT2D eigenvalue weighted by Gasteiger charge is -2.44. The maximum absolute atomic E-state index is 10.4. The molecule has 0 bridgehead atoms. The number of alkyl halides is 1. The van der Waals surface area contributed by atoms with Crippen LogP contribution in [0.3, 0.4) is 0 Å². The van der Waals surface area contributed by atoms with Crippen LogP contribution in [0.4, 0.5) is 0 Å². The highest BCUT2D eigenvalue weighted by Gasteiger charge is 2.50. The van der Waals surface area contributed by atoms with E-state index in [2.05, 4.69) is 33.4 Å². The lowest BCUT2D eigenvalue weighted by molar-refractivity contribution is -0.0531. The molecule has 31 heavy (non-hydrogen) atoms. The summed E-state index contributed by atoms with van der Waals surface area (Å²) in [6, 6.07) is 0. The van der Waals surface area contributed by atoms with Crippen LogP contribution in [0, 0.1) is 29.1 Å². The minimum atomic E-state index is -1.13. The molecule has 3 saturated carbocycles. The standard InChI is InChI=1S/C27H43ClO3/c1-17(16-28)7-5-8-18(2)22-12-13-23-20(9-6-14-27(22,23)4)10-11-21-19(3)15-24(29)26(31)25(21)30/h10-11,17-18,22-26,29-31H,3,5-9,12-16H2,1-2,4H3/b20-10?,21-11+/t17?,18-,22-,23?,24?,25?,26+,27-/m1/s1. The second-order valence-electron chi connectivity index (χ2n) is 10.9. The second kappa shape index (κ2) is 10.5. The number of fused-ring (bicyclic) bond motifs is 1. The van der Waals surface area contributed by atoms with E-state index >= 15 is 0 Å². The molecular weight excluding hydrogens is 408 g/mol. The van der Waals surface area contributed by atoms with Crippen molar-refractivity contribution in [1.82, 2.24) is 0 Å². The van der Waals surface area contributed by atoms with Crippen molar-refractivity contribution >= 4 is 11.6 Å². The van der Waals surface area contributed by atoms with Gasteiger partial charge in [0.1, 0.15) is 12.2 Å². The van der Waals surface area contributed by atoms with Gasteiger partial charge in [-0.05, 0) is 78.8 Å². The summed E-state index contributed by atoms with van der Waals surface area (Å²) in [6.45, 7) is 11.2. The third-order valence-corrected chi connectivity index (χ3v) is 9.25. The van der Waals surface area contributed by atoms with Crippen molar-refractivity contribution < 1.29 is 15.3 Å². The number of aliphatic hydroxyl groups is 3. The summed E-state index contributed by atoms with van der Waals surface area (Å²) in [4.78, 5) is 0. The monoisotopic (exact) mass is 450 g/mol. The minimum Gasteiger partial charge on any atom is -0.390 e. The zero-order chi connectivity index (χ0) is 22.8. The first-order valence-corrected chi connectivity index (χ1v) is 12.9. The molecule has 0 aromatic carbocycles. The Morgan fingerprint density at radius 2 is 1.90 bits per heavy atom. The van der Waals surface area contributed by atoms with Gasteiger partial charge in [-0.1, -0.05) is 57.9 Å². The van der Waals surface area contributed by atoms with E-state index in [9.17, 15) is 15.3 Å². The summed E-state index contributed by atoms with van der Waals surface area (Å²) in [5, 5.41) is 30.4. The van der Waals surface area contributed by atoms with E-state index in [1.165, 1.54) is 50.5 Å². The highest BCUT2D eigenvalue weighted by Crippen LogP contribution is 2.60. The van der Waals surface area contributed by atoms with Crippen molar-refractivity contribution in [2.45, 2.75) is 96.9 Å². The Morgan fingerprint density at radius 1 is 1.16 bits per heavy atom. The van der Waals surface area contributed by atoms with E-state index in [0.717, 1.165) is 29.7 Å². The molecule has 3 aliphatic rings. The van der Waals surface area contributed by atoms with Crippen LogP contribution >= 0.6 is 11.6 Å². The first-order chi connectivity index (χ1) is 14.7. The van der Waals surface area contributed by atoms with Crippen LogP contribution in [0.5, 0.6) is 0 Å². The highest BCUT2D eigenvalue weighted by atomic mass is 35.5. The third-order valence-electron chi connectivity index (χ3n) is 8.72. The fourth-order valence-corrected chi connectivity index (χ4v) is 6.94. The Labute approximate surface area is 194 Å². The highest BCUT2D eigenvalue weighted by molar-refractivity contribution is 6.18. The smallest absolute Gasteiger partial charge is 0.110 e. The van der Waals surface area contributed by atoms with Crippen molar-refractivity contribution in [2.24, 2.45) is 29.1 Å². The summed E-state index contributed by atoms with van der Waals surface area (Å²) >= 11 is 5.98. The van der Waals surface area contributed by atoms with E-state index in [-0.39, 0.29) is 0 Å². The maximum Gasteiger partial charge on any atom is 0.110 e. The average Bonchev–Trinajstić information content (AvgIpc) is 3.09. The summed E-state index contributed by atoms with van der Waals surface area (Å²) < 4.78 is 0. The number of halogens is 1. The van der Waals surface area contributed by atoms with Gasteiger partial charge in [0, 0.05) is 12.3 Å². The topological polar surface area (TPSA) is 60.7 Å². The number of hydrogen-bond acceptors (Lipinski definition) is 3. The van der Waals surface area contributed by atoms with Crippen molar-refractivity contribution in [2.75, 3.05) is 5.88 Å². The van der Waals surface area contributed by atoms with E-state index in [1.807, 2.05) is 6.08 Å². The van der Waals surface area contributed by atoms with Gasteiger partial charge in [-0.15, -0.1) is 11.6 Å². The fourth-order valence-electron chi connectivity index (χ4n) is 6.79. The van der Waals surface area contributed by atoms with Crippen molar-refractivity contribution in [3.05, 3.63) is 35.5 Å². The Morgan fingerprint density at radius 3 is 2.61 bits per heavy atom. The van der Waals surface area contributed by atoms with Gasteiger partial charge in [0.25, 0.3) is 0 Å². The van der Waals surface area contributed by atoms with Crippen LogP contribution in [0.1, 0.15) is 78.6 Å². The van der Waals surface area contributed by atoms with Gasteiger partial charge in [0.05, 0.1) is 6.10 Å². The Bertz CT molecular complexity index is 699. The van der Waals surface area contributed by atoms with Crippen molar-refractivity contribution in [3.8, 4) is 0 Å². The zero-order valence-corrected chi connectivity index (χ0v) is 20.4. The summed E-state index contributed by atoms with van der Waals surface area (Å²) in [7, 11) is 0. The van der Waals surface area contributed by atoms with Crippen LogP contribution in [-0.2, 0) is 0 Å². The lowest BCUT2D eigenvalue weighted by atomic mass is 9.60. The van der Waals surface area contributed by atoms with Crippen molar-refractivity contribution in [1.29, 1.82) is 0 Å². The molecule has 176 valence electrons. The molecule has 3 N–H and O–H groups in total. The number of hydrogen-bond donors (Lipinski definition) is 3. The van der Waals surface area contributed by atoms with Crippen LogP contribution in [0.25, 0.3) is 0 Å². The predicted octanol–water partition coefficient (Wildman–Crippen LogP) is 5.78. The molecule has 3 aliphatic carbocycles. The van der Waals surface area contributed by atoms with Gasteiger partial charge < -0.3 is 15.3 Å². The molecule has 0 saturated heterocycles. The normalized spacial score (nSPS) is 40.9. The van der Waals surface area contributed by atoms with Gasteiger partial charge in [0.15, 0.2) is 0 Å². The molecule has 3 fully saturated rings. The molecule has 0 spiro atoms. The molecule has 4 heteroatoms. The molecule has 4 unspecified atom stereocenters. The average molecular weight is 451 g/mol. The summed E-state index contributed by atoms with van der Waals surface area (Å²) in [5.74, 6) is 3.50. The molecule has 0 aromatic heterocycles. The molecule has 0 aliphatic heterocycles. The molecule has 3 nitrogen and oxygen atoms in total. The molecular formula is C27H43ClO3. The SMILES string of the molecule is C=C1CC(O)[C@H](O)C(O)/C1=C/C=C1CCC[C@@]2(C)C1CC[C@@H]2[C@H](C)CCCC(C)CCl. The van der Waals surface area contributed by atoms with Crippen LogP contribution in [0.2, 0.25) is 0 Å². The second-order valence-corrected chi connectivity index (χ2v) is 11.2. The quantitative estimate of drug-likeness (QED) is 0.431. The van der Waals surface area contributed by atoms with Gasteiger partial charge >= 0.3 is 0 Å². The Balaban J connectivity index is 1.71. The molecule has 0 amide bonds.